The van der Waals surface area contributed by atoms with Crippen LogP contribution in [0, 0.1) is 0 Å². The molecule has 0 fully saturated rings. The fraction of sp³-hybridized carbons (Fsp3) is 0.0556. The largest absolute Gasteiger partial charge is 0.497 e. The fourth-order valence-electron chi connectivity index (χ4n) is 2.81. The topological polar surface area (TPSA) is 59.0 Å². The van der Waals surface area contributed by atoms with Crippen LogP contribution in [0.4, 0.5) is 0 Å². The van der Waals surface area contributed by atoms with Gasteiger partial charge >= 0.3 is 0 Å². The Balaban J connectivity index is 1.86. The number of benzene rings is 2. The van der Waals surface area contributed by atoms with Gasteiger partial charge in [-0.05, 0) is 40.6 Å². The Morgan fingerprint density at radius 3 is 2.68 bits per heavy atom. The van der Waals surface area contributed by atoms with Crippen molar-refractivity contribution in [3.8, 4) is 5.75 Å². The maximum Gasteiger partial charge on any atom is 0.278 e. The van der Waals surface area contributed by atoms with E-state index < -0.39 is 10.0 Å². The average molecular weight is 373 g/mol. The van der Waals surface area contributed by atoms with Crippen molar-refractivity contribution < 1.29 is 13.2 Å². The van der Waals surface area contributed by atoms with Crippen LogP contribution in [0.15, 0.2) is 69.7 Å². The maximum absolute atomic E-state index is 11.9. The number of halogens is 1. The molecule has 25 heavy (non-hydrogen) atoms. The van der Waals surface area contributed by atoms with E-state index in [9.17, 15) is 8.42 Å². The lowest BCUT2D eigenvalue weighted by Crippen LogP contribution is -2.28. The third-order valence-corrected chi connectivity index (χ3v) is 5.10. The summed E-state index contributed by atoms with van der Waals surface area (Å²) in [5.41, 5.74) is 1.48. The van der Waals surface area contributed by atoms with Gasteiger partial charge in [-0.15, -0.1) is 4.40 Å². The van der Waals surface area contributed by atoms with E-state index >= 15 is 0 Å². The first kappa shape index (κ1) is 15.9. The van der Waals surface area contributed by atoms with Crippen molar-refractivity contribution in [2.45, 2.75) is 0 Å². The number of allylic oxidation sites excluding steroid dienone is 2. The summed E-state index contributed by atoms with van der Waals surface area (Å²) in [6, 6.07) is 11.6. The Morgan fingerprint density at radius 2 is 1.88 bits per heavy atom. The quantitative estimate of drug-likeness (QED) is 0.803. The highest BCUT2D eigenvalue weighted by atomic mass is 35.5. The van der Waals surface area contributed by atoms with E-state index in [1.54, 1.807) is 24.3 Å². The molecule has 0 spiro atoms. The van der Waals surface area contributed by atoms with Crippen LogP contribution >= 0.6 is 11.6 Å². The van der Waals surface area contributed by atoms with Crippen molar-refractivity contribution in [3.63, 3.8) is 0 Å². The van der Waals surface area contributed by atoms with E-state index in [-0.39, 0.29) is 0 Å². The number of hydrogen-bond donors (Lipinski definition) is 0. The molecule has 0 radical (unpaired) electrons. The smallest absolute Gasteiger partial charge is 0.278 e. The predicted molar refractivity (Wildman–Crippen MR) is 99.7 cm³/mol. The van der Waals surface area contributed by atoms with Gasteiger partial charge in [-0.25, -0.2) is 0 Å². The molecule has 2 heterocycles. The average Bonchev–Trinajstić information content (AvgIpc) is 2.60. The second-order valence-electron chi connectivity index (χ2n) is 5.62. The number of sulfonamides is 1. The summed E-state index contributed by atoms with van der Waals surface area (Å²) in [4.78, 5) is 1.61. The molecule has 0 atom stereocenters. The standard InChI is InChI=1S/C18H13ClN2O3S/c1-24-16-5-4-12-8-14(3-2-13(12)9-16)17-10-15(19)11-21-6-7-25(22,23)20-18(17)21/h2-11H,1H3. The van der Waals surface area contributed by atoms with Crippen LogP contribution in [0.2, 0.25) is 0 Å². The monoisotopic (exact) mass is 372 g/mol. The first-order valence-electron chi connectivity index (χ1n) is 7.44. The molecule has 0 N–H and O–H groups in total. The molecule has 5 nitrogen and oxygen atoms in total. The zero-order chi connectivity index (χ0) is 17.6. The van der Waals surface area contributed by atoms with Crippen molar-refractivity contribution in [1.29, 1.82) is 0 Å². The zero-order valence-electron chi connectivity index (χ0n) is 13.2. The van der Waals surface area contributed by atoms with Crippen molar-refractivity contribution in [1.82, 2.24) is 4.90 Å². The van der Waals surface area contributed by atoms with Gasteiger partial charge in [0.15, 0.2) is 5.84 Å². The van der Waals surface area contributed by atoms with Crippen molar-refractivity contribution in [2.75, 3.05) is 7.11 Å². The molecule has 0 aliphatic carbocycles. The van der Waals surface area contributed by atoms with E-state index in [1.165, 1.54) is 6.20 Å². The van der Waals surface area contributed by atoms with Crippen LogP contribution < -0.4 is 4.74 Å². The second kappa shape index (κ2) is 5.75. The fourth-order valence-corrected chi connectivity index (χ4v) is 3.80. The highest BCUT2D eigenvalue weighted by Gasteiger charge is 2.25. The Bertz CT molecular complexity index is 1110. The molecule has 0 saturated carbocycles. The minimum absolute atomic E-state index is 0.333. The minimum Gasteiger partial charge on any atom is -0.497 e. The van der Waals surface area contributed by atoms with E-state index in [0.29, 0.717) is 16.4 Å². The number of amidine groups is 1. The van der Waals surface area contributed by atoms with E-state index in [2.05, 4.69) is 4.40 Å². The van der Waals surface area contributed by atoms with Gasteiger partial charge in [0.25, 0.3) is 10.0 Å². The molecule has 4 rings (SSSR count). The predicted octanol–water partition coefficient (Wildman–Crippen LogP) is 3.84. The molecule has 7 heteroatoms. The van der Waals surface area contributed by atoms with Gasteiger partial charge in [-0.1, -0.05) is 29.8 Å². The van der Waals surface area contributed by atoms with Crippen molar-refractivity contribution in [3.05, 3.63) is 70.9 Å². The van der Waals surface area contributed by atoms with E-state index in [4.69, 9.17) is 16.3 Å². The first-order valence-corrected chi connectivity index (χ1v) is 9.32. The Morgan fingerprint density at radius 1 is 1.12 bits per heavy atom. The minimum atomic E-state index is -3.63. The molecule has 2 aromatic rings. The number of methoxy groups -OCH3 is 1. The molecular weight excluding hydrogens is 360 g/mol. The van der Waals surface area contributed by atoms with Crippen LogP contribution in [-0.2, 0) is 10.0 Å². The van der Waals surface area contributed by atoms with E-state index in [1.807, 2.05) is 36.4 Å². The SMILES string of the molecule is COc1ccc2cc(C3=CC(Cl)=CN4C=CS(=O)(=O)N=C34)ccc2c1. The van der Waals surface area contributed by atoms with Crippen LogP contribution in [0.25, 0.3) is 16.3 Å². The molecule has 0 saturated heterocycles. The molecule has 0 aromatic heterocycles. The van der Waals surface area contributed by atoms with Gasteiger partial charge < -0.3 is 9.64 Å². The van der Waals surface area contributed by atoms with E-state index in [0.717, 1.165) is 27.5 Å². The summed E-state index contributed by atoms with van der Waals surface area (Å²) < 4.78 is 32.8. The lowest BCUT2D eigenvalue weighted by molar-refractivity contribution is 0.415. The molecule has 2 aromatic carbocycles. The van der Waals surface area contributed by atoms with Gasteiger partial charge in [-0.2, -0.15) is 8.42 Å². The summed E-state index contributed by atoms with van der Waals surface area (Å²) >= 11 is 6.20. The van der Waals surface area contributed by atoms with Gasteiger partial charge in [-0.3, -0.25) is 0 Å². The number of fused-ring (bicyclic) bond motifs is 2. The Hall–Kier alpha value is -2.57. The third kappa shape index (κ3) is 2.94. The number of ether oxygens (including phenoxy) is 1. The zero-order valence-corrected chi connectivity index (χ0v) is 14.8. The van der Waals surface area contributed by atoms with Crippen molar-refractivity contribution in [2.24, 2.45) is 4.40 Å². The van der Waals surface area contributed by atoms with Gasteiger partial charge in [0, 0.05) is 18.0 Å². The van der Waals surface area contributed by atoms with Crippen LogP contribution in [0.3, 0.4) is 0 Å². The summed E-state index contributed by atoms with van der Waals surface area (Å²) in [5.74, 6) is 1.11. The molecule has 0 amide bonds. The summed E-state index contributed by atoms with van der Waals surface area (Å²) in [6.45, 7) is 0. The normalized spacial score (nSPS) is 18.3. The molecule has 2 aliphatic heterocycles. The first-order chi connectivity index (χ1) is 11.9. The third-order valence-electron chi connectivity index (χ3n) is 4.00. The number of hydrogen-bond acceptors (Lipinski definition) is 4. The summed E-state index contributed by atoms with van der Waals surface area (Å²) in [5, 5.41) is 3.57. The lowest BCUT2D eigenvalue weighted by atomic mass is 9.98. The Kier molecular flexibility index (Phi) is 3.67. The Labute approximate surface area is 150 Å². The van der Waals surface area contributed by atoms with Gasteiger partial charge in [0.05, 0.1) is 17.6 Å². The maximum atomic E-state index is 11.9. The molecule has 0 bridgehead atoms. The van der Waals surface area contributed by atoms with Gasteiger partial charge in [0.2, 0.25) is 0 Å². The molecular formula is C18H13ClN2O3S. The molecule has 2 aliphatic rings. The summed E-state index contributed by atoms with van der Waals surface area (Å²) in [6.07, 6.45) is 4.79. The number of nitrogens with zero attached hydrogens (tertiary/aromatic N) is 2. The molecule has 0 unspecified atom stereocenters. The van der Waals surface area contributed by atoms with Crippen LogP contribution in [0.5, 0.6) is 5.75 Å². The highest BCUT2D eigenvalue weighted by molar-refractivity contribution is 7.93. The van der Waals surface area contributed by atoms with Gasteiger partial charge in [0.1, 0.15) is 5.75 Å². The second-order valence-corrected chi connectivity index (χ2v) is 7.54. The van der Waals surface area contributed by atoms with Crippen molar-refractivity contribution >= 4 is 43.8 Å². The van der Waals surface area contributed by atoms with Crippen LogP contribution in [0.1, 0.15) is 5.56 Å². The molecule has 126 valence electrons. The highest BCUT2D eigenvalue weighted by Crippen LogP contribution is 2.32. The lowest BCUT2D eigenvalue weighted by Gasteiger charge is -2.26. The summed E-state index contributed by atoms with van der Waals surface area (Å²) in [7, 11) is -2.00. The van der Waals surface area contributed by atoms with Crippen LogP contribution in [-0.4, -0.2) is 26.3 Å². The number of rotatable bonds is 2.